The minimum absolute atomic E-state index is 0.0700. The fraction of sp³-hybridized carbons (Fsp3) is 0.292. The van der Waals surface area contributed by atoms with E-state index < -0.39 is 0 Å². The highest BCUT2D eigenvalue weighted by molar-refractivity contribution is 5.94. The van der Waals surface area contributed by atoms with Crippen molar-refractivity contribution >= 4 is 17.5 Å². The summed E-state index contributed by atoms with van der Waals surface area (Å²) < 4.78 is 11.6. The van der Waals surface area contributed by atoms with Crippen LogP contribution in [0.2, 0.25) is 0 Å². The van der Waals surface area contributed by atoms with Crippen molar-refractivity contribution in [1.82, 2.24) is 10.5 Å². The smallest absolute Gasteiger partial charge is 0.243 e. The van der Waals surface area contributed by atoms with E-state index in [1.807, 2.05) is 58.9 Å². The van der Waals surface area contributed by atoms with Crippen LogP contribution in [0.25, 0.3) is 11.1 Å². The monoisotopic (exact) mass is 421 g/mol. The second-order valence-corrected chi connectivity index (χ2v) is 7.73. The second-order valence-electron chi connectivity index (χ2n) is 7.73. The van der Waals surface area contributed by atoms with Crippen molar-refractivity contribution in [3.8, 4) is 22.6 Å². The number of aromatic nitrogens is 1. The lowest BCUT2D eigenvalue weighted by Gasteiger charge is -2.16. The first-order valence-electron chi connectivity index (χ1n) is 10.0. The highest BCUT2D eigenvalue weighted by Gasteiger charge is 2.15. The van der Waals surface area contributed by atoms with Crippen LogP contribution in [0.1, 0.15) is 35.1 Å². The molecule has 0 aliphatic rings. The molecule has 31 heavy (non-hydrogen) atoms. The Kier molecular flexibility index (Phi) is 6.44. The van der Waals surface area contributed by atoms with Gasteiger partial charge in [0.15, 0.2) is 0 Å². The summed E-state index contributed by atoms with van der Waals surface area (Å²) in [5.41, 5.74) is 6.27. The topological polar surface area (TPSA) is 93.5 Å². The number of amides is 2. The Hall–Kier alpha value is -3.61. The summed E-state index contributed by atoms with van der Waals surface area (Å²) >= 11 is 0. The number of carbonyl (C=O) groups is 2. The Morgan fingerprint density at radius 3 is 2.26 bits per heavy atom. The van der Waals surface area contributed by atoms with Crippen molar-refractivity contribution in [1.29, 1.82) is 0 Å². The van der Waals surface area contributed by atoms with Gasteiger partial charge in [0.05, 0.1) is 12.2 Å². The number of ether oxygens (including phenoxy) is 1. The highest BCUT2D eigenvalue weighted by atomic mass is 16.5. The molecule has 0 aliphatic heterocycles. The number of nitrogens with zero attached hydrogens (tertiary/aromatic N) is 1. The Morgan fingerprint density at radius 2 is 1.68 bits per heavy atom. The molecule has 3 aromatic rings. The summed E-state index contributed by atoms with van der Waals surface area (Å²) in [4.78, 5) is 23.0. The number of anilines is 1. The number of hydrogen-bond donors (Lipinski definition) is 2. The molecule has 7 nitrogen and oxygen atoms in total. The Bertz CT molecular complexity index is 1110. The molecule has 0 saturated heterocycles. The number of benzene rings is 2. The van der Waals surface area contributed by atoms with Crippen LogP contribution in [0.4, 0.5) is 5.69 Å². The van der Waals surface area contributed by atoms with E-state index >= 15 is 0 Å². The largest absolute Gasteiger partial charge is 0.457 e. The van der Waals surface area contributed by atoms with Gasteiger partial charge < -0.3 is 19.9 Å². The van der Waals surface area contributed by atoms with Gasteiger partial charge in [-0.25, -0.2) is 0 Å². The average molecular weight is 421 g/mol. The van der Waals surface area contributed by atoms with E-state index in [0.29, 0.717) is 11.4 Å². The van der Waals surface area contributed by atoms with Crippen LogP contribution in [0.5, 0.6) is 11.5 Å². The molecule has 0 fully saturated rings. The van der Waals surface area contributed by atoms with Gasteiger partial charge in [-0.15, -0.1) is 0 Å². The standard InChI is InChI=1S/C24H27N3O4/c1-13-7-19(23-16(4)27-31-17(23)5)11-21(8-13)30-24-14(2)9-20(10-15(24)3)26-22(29)12-25-18(6)28/h7-11H,12H2,1-6H3,(H,25,28)(H,26,29). The van der Waals surface area contributed by atoms with E-state index in [1.54, 1.807) is 0 Å². The highest BCUT2D eigenvalue weighted by Crippen LogP contribution is 2.35. The van der Waals surface area contributed by atoms with Crippen molar-refractivity contribution < 1.29 is 18.8 Å². The summed E-state index contributed by atoms with van der Waals surface area (Å²) in [5.74, 6) is 1.67. The number of hydrogen-bond acceptors (Lipinski definition) is 5. The van der Waals surface area contributed by atoms with Gasteiger partial charge in [-0.1, -0.05) is 11.2 Å². The van der Waals surface area contributed by atoms with E-state index in [1.165, 1.54) is 6.92 Å². The molecule has 7 heteroatoms. The van der Waals surface area contributed by atoms with E-state index in [0.717, 1.165) is 45.0 Å². The van der Waals surface area contributed by atoms with Gasteiger partial charge >= 0.3 is 0 Å². The van der Waals surface area contributed by atoms with Gasteiger partial charge in [0.1, 0.15) is 17.3 Å². The van der Waals surface area contributed by atoms with Crippen LogP contribution >= 0.6 is 0 Å². The normalized spacial score (nSPS) is 10.6. The number of nitrogens with one attached hydrogen (secondary N) is 2. The lowest BCUT2D eigenvalue weighted by molar-refractivity contribution is -0.122. The molecule has 3 rings (SSSR count). The number of carbonyl (C=O) groups excluding carboxylic acids is 2. The zero-order valence-corrected chi connectivity index (χ0v) is 18.7. The van der Waals surface area contributed by atoms with Crippen molar-refractivity contribution in [3.05, 3.63) is 58.5 Å². The zero-order valence-electron chi connectivity index (χ0n) is 18.7. The molecule has 2 N–H and O–H groups in total. The van der Waals surface area contributed by atoms with Crippen LogP contribution in [0.15, 0.2) is 34.9 Å². The number of aryl methyl sites for hydroxylation is 5. The fourth-order valence-electron chi connectivity index (χ4n) is 3.56. The van der Waals surface area contributed by atoms with E-state index in [4.69, 9.17) is 9.26 Å². The predicted octanol–water partition coefficient (Wildman–Crippen LogP) is 4.75. The molecule has 2 amide bonds. The Balaban J connectivity index is 1.85. The maximum Gasteiger partial charge on any atom is 0.243 e. The number of rotatable bonds is 6. The SMILES string of the molecule is CC(=O)NCC(=O)Nc1cc(C)c(Oc2cc(C)cc(-c3c(C)noc3C)c2)c(C)c1. The molecule has 0 radical (unpaired) electrons. The molecule has 0 unspecified atom stereocenters. The van der Waals surface area contributed by atoms with E-state index in [9.17, 15) is 9.59 Å². The first kappa shape index (κ1) is 22.1. The maximum absolute atomic E-state index is 12.0. The molecule has 1 aromatic heterocycles. The van der Waals surface area contributed by atoms with Gasteiger partial charge in [0.25, 0.3) is 0 Å². The van der Waals surface area contributed by atoms with Crippen LogP contribution in [0, 0.1) is 34.6 Å². The minimum atomic E-state index is -0.287. The first-order valence-corrected chi connectivity index (χ1v) is 10.0. The molecule has 0 aliphatic carbocycles. The molecule has 2 aromatic carbocycles. The molecule has 0 bridgehead atoms. The lowest BCUT2D eigenvalue weighted by Crippen LogP contribution is -2.31. The first-order chi connectivity index (χ1) is 14.6. The van der Waals surface area contributed by atoms with Gasteiger partial charge in [0, 0.05) is 18.2 Å². The molecule has 0 saturated carbocycles. The van der Waals surface area contributed by atoms with Crippen LogP contribution < -0.4 is 15.4 Å². The van der Waals surface area contributed by atoms with Crippen LogP contribution in [0.3, 0.4) is 0 Å². The summed E-state index contributed by atoms with van der Waals surface area (Å²) in [6, 6.07) is 9.72. The second kappa shape index (κ2) is 9.04. The van der Waals surface area contributed by atoms with Gasteiger partial charge in [-0.3, -0.25) is 9.59 Å². The lowest BCUT2D eigenvalue weighted by atomic mass is 10.0. The minimum Gasteiger partial charge on any atom is -0.457 e. The summed E-state index contributed by atoms with van der Waals surface area (Å²) in [6.45, 7) is 11.0. The van der Waals surface area contributed by atoms with Gasteiger partial charge in [-0.05, 0) is 81.1 Å². The summed E-state index contributed by atoms with van der Waals surface area (Å²) in [7, 11) is 0. The third-order valence-electron chi connectivity index (χ3n) is 4.83. The zero-order chi connectivity index (χ0) is 22.7. The molecule has 0 spiro atoms. The third kappa shape index (κ3) is 5.31. The van der Waals surface area contributed by atoms with E-state index in [2.05, 4.69) is 21.9 Å². The predicted molar refractivity (Wildman–Crippen MR) is 119 cm³/mol. The van der Waals surface area contributed by atoms with Crippen molar-refractivity contribution in [2.75, 3.05) is 11.9 Å². The molecule has 0 atom stereocenters. The quantitative estimate of drug-likeness (QED) is 0.599. The fourth-order valence-corrected chi connectivity index (χ4v) is 3.56. The van der Waals surface area contributed by atoms with Crippen LogP contribution in [-0.4, -0.2) is 23.5 Å². The maximum atomic E-state index is 12.0. The van der Waals surface area contributed by atoms with Gasteiger partial charge in [0.2, 0.25) is 11.8 Å². The van der Waals surface area contributed by atoms with Crippen molar-refractivity contribution in [2.24, 2.45) is 0 Å². The van der Waals surface area contributed by atoms with Gasteiger partial charge in [-0.2, -0.15) is 0 Å². The molecular weight excluding hydrogens is 394 g/mol. The van der Waals surface area contributed by atoms with Crippen LogP contribution in [-0.2, 0) is 9.59 Å². The van der Waals surface area contributed by atoms with Crippen molar-refractivity contribution in [2.45, 2.75) is 41.5 Å². The molecule has 162 valence electrons. The van der Waals surface area contributed by atoms with E-state index in [-0.39, 0.29) is 18.4 Å². The van der Waals surface area contributed by atoms with Crippen molar-refractivity contribution in [3.63, 3.8) is 0 Å². The summed E-state index contributed by atoms with van der Waals surface area (Å²) in [5, 5.41) is 9.32. The molecular formula is C24H27N3O4. The Morgan fingerprint density at radius 1 is 1.00 bits per heavy atom. The molecule has 1 heterocycles. The summed E-state index contributed by atoms with van der Waals surface area (Å²) in [6.07, 6.45) is 0. The average Bonchev–Trinajstić information content (AvgIpc) is 3.01. The Labute approximate surface area is 181 Å². The third-order valence-corrected chi connectivity index (χ3v) is 4.83.